The predicted molar refractivity (Wildman–Crippen MR) is 67.3 cm³/mol. The molecule has 1 saturated heterocycles. The average Bonchev–Trinajstić information content (AvgIpc) is 2.86. The van der Waals surface area contributed by atoms with Gasteiger partial charge in [-0.1, -0.05) is 13.3 Å². The van der Waals surface area contributed by atoms with Gasteiger partial charge in [0.25, 0.3) is 0 Å². The van der Waals surface area contributed by atoms with Gasteiger partial charge in [0.2, 0.25) is 5.91 Å². The summed E-state index contributed by atoms with van der Waals surface area (Å²) in [7, 11) is 0. The highest BCUT2D eigenvalue weighted by Crippen LogP contribution is 2.49. The minimum absolute atomic E-state index is 0.0790. The summed E-state index contributed by atoms with van der Waals surface area (Å²) in [5, 5.41) is 0. The molecule has 3 aliphatic rings. The van der Waals surface area contributed by atoms with Crippen molar-refractivity contribution >= 4 is 5.91 Å². The van der Waals surface area contributed by atoms with E-state index >= 15 is 0 Å². The summed E-state index contributed by atoms with van der Waals surface area (Å²) in [6.07, 6.45) is 7.27. The summed E-state index contributed by atoms with van der Waals surface area (Å²) >= 11 is 0. The predicted octanol–water partition coefficient (Wildman–Crippen LogP) is 1.76. The van der Waals surface area contributed by atoms with E-state index < -0.39 is 0 Å². The maximum atomic E-state index is 12.1. The van der Waals surface area contributed by atoms with E-state index in [4.69, 9.17) is 5.73 Å². The largest absolute Gasteiger partial charge is 0.339 e. The lowest BCUT2D eigenvalue weighted by Crippen LogP contribution is -2.68. The van der Waals surface area contributed by atoms with Crippen LogP contribution in [0.5, 0.6) is 0 Å². The van der Waals surface area contributed by atoms with Gasteiger partial charge in [-0.05, 0) is 43.4 Å². The normalized spacial score (nSPS) is 38.2. The van der Waals surface area contributed by atoms with Crippen molar-refractivity contribution < 1.29 is 4.79 Å². The summed E-state index contributed by atoms with van der Waals surface area (Å²) < 4.78 is 0. The maximum Gasteiger partial charge on any atom is 0.222 e. The smallest absolute Gasteiger partial charge is 0.222 e. The summed E-state index contributed by atoms with van der Waals surface area (Å²) in [5.74, 6) is 2.85. The van der Waals surface area contributed by atoms with E-state index in [2.05, 4.69) is 6.92 Å². The Kier molecular flexibility index (Phi) is 2.69. The van der Waals surface area contributed by atoms with Crippen LogP contribution in [0.3, 0.4) is 0 Å². The van der Waals surface area contributed by atoms with Gasteiger partial charge in [0.05, 0.1) is 5.54 Å². The zero-order chi connectivity index (χ0) is 12.0. The van der Waals surface area contributed by atoms with Crippen LogP contribution >= 0.6 is 0 Å². The van der Waals surface area contributed by atoms with Crippen molar-refractivity contribution in [2.75, 3.05) is 13.1 Å². The Hall–Kier alpha value is -0.570. The Morgan fingerprint density at radius 3 is 2.65 bits per heavy atom. The van der Waals surface area contributed by atoms with Crippen molar-refractivity contribution in [3.05, 3.63) is 0 Å². The fourth-order valence-corrected chi connectivity index (χ4v) is 4.09. The Labute approximate surface area is 104 Å². The molecule has 17 heavy (non-hydrogen) atoms. The number of carbonyl (C=O) groups is 1. The first kappa shape index (κ1) is 11.5. The molecule has 2 bridgehead atoms. The van der Waals surface area contributed by atoms with Crippen LogP contribution < -0.4 is 5.73 Å². The van der Waals surface area contributed by atoms with Crippen molar-refractivity contribution in [2.24, 2.45) is 23.5 Å². The number of hydrogen-bond acceptors (Lipinski definition) is 2. The fourth-order valence-electron chi connectivity index (χ4n) is 4.09. The van der Waals surface area contributed by atoms with E-state index in [1.165, 1.54) is 25.7 Å². The number of rotatable bonds is 3. The molecule has 1 aliphatic heterocycles. The van der Waals surface area contributed by atoms with Gasteiger partial charge in [-0.15, -0.1) is 0 Å². The van der Waals surface area contributed by atoms with Gasteiger partial charge in [0.15, 0.2) is 0 Å². The number of hydrogen-bond donors (Lipinski definition) is 1. The lowest BCUT2D eigenvalue weighted by atomic mass is 9.84. The molecule has 1 heterocycles. The Balaban J connectivity index is 1.49. The quantitative estimate of drug-likeness (QED) is 0.811. The summed E-state index contributed by atoms with van der Waals surface area (Å²) in [6, 6.07) is 0. The molecule has 96 valence electrons. The molecule has 2 N–H and O–H groups in total. The van der Waals surface area contributed by atoms with Crippen molar-refractivity contribution in [3.8, 4) is 0 Å². The van der Waals surface area contributed by atoms with Gasteiger partial charge in [-0.3, -0.25) is 4.79 Å². The van der Waals surface area contributed by atoms with Crippen LogP contribution in [-0.2, 0) is 4.79 Å². The molecule has 2 aliphatic carbocycles. The molecule has 3 nitrogen and oxygen atoms in total. The minimum Gasteiger partial charge on any atom is -0.339 e. The monoisotopic (exact) mass is 236 g/mol. The lowest BCUT2D eigenvalue weighted by molar-refractivity contribution is -0.140. The van der Waals surface area contributed by atoms with Crippen LogP contribution in [0, 0.1) is 17.8 Å². The van der Waals surface area contributed by atoms with Gasteiger partial charge in [0, 0.05) is 19.5 Å². The standard InChI is InChI=1S/C14H24N2O/c1-2-14(15)8-16(9-14)13(17)7-12-6-10-3-4-11(12)5-10/h10-12H,2-9,15H2,1H3. The first-order valence-electron chi connectivity index (χ1n) is 7.16. The van der Waals surface area contributed by atoms with E-state index in [1.54, 1.807) is 0 Å². The number of likely N-dealkylation sites (tertiary alicyclic amines) is 1. The van der Waals surface area contributed by atoms with Gasteiger partial charge < -0.3 is 10.6 Å². The third-order valence-electron chi connectivity index (χ3n) is 5.39. The second kappa shape index (κ2) is 3.98. The molecule has 0 spiro atoms. The van der Waals surface area contributed by atoms with Crippen molar-refractivity contribution in [2.45, 2.75) is 51.0 Å². The summed E-state index contributed by atoms with van der Waals surface area (Å²) in [6.45, 7) is 3.67. The molecule has 0 aromatic heterocycles. The van der Waals surface area contributed by atoms with Gasteiger partial charge in [-0.25, -0.2) is 0 Å². The van der Waals surface area contributed by atoms with Crippen molar-refractivity contribution in [1.82, 2.24) is 4.90 Å². The number of nitrogens with zero attached hydrogens (tertiary/aromatic N) is 1. The molecule has 1 amide bonds. The molecular formula is C14H24N2O. The number of amides is 1. The topological polar surface area (TPSA) is 46.3 Å². The van der Waals surface area contributed by atoms with E-state index in [9.17, 15) is 4.79 Å². The van der Waals surface area contributed by atoms with E-state index in [-0.39, 0.29) is 5.54 Å². The first-order chi connectivity index (χ1) is 8.09. The highest BCUT2D eigenvalue weighted by Gasteiger charge is 2.44. The second-order valence-electron chi connectivity index (χ2n) is 6.60. The zero-order valence-electron chi connectivity index (χ0n) is 10.8. The molecule has 3 fully saturated rings. The van der Waals surface area contributed by atoms with Crippen LogP contribution in [-0.4, -0.2) is 29.4 Å². The van der Waals surface area contributed by atoms with Crippen LogP contribution in [0.4, 0.5) is 0 Å². The molecule has 0 aromatic rings. The number of fused-ring (bicyclic) bond motifs is 2. The van der Waals surface area contributed by atoms with Crippen LogP contribution in [0.15, 0.2) is 0 Å². The van der Waals surface area contributed by atoms with E-state index in [0.29, 0.717) is 11.8 Å². The minimum atomic E-state index is -0.0790. The molecule has 3 atom stereocenters. The Morgan fingerprint density at radius 1 is 1.35 bits per heavy atom. The fraction of sp³-hybridized carbons (Fsp3) is 0.929. The maximum absolute atomic E-state index is 12.1. The highest BCUT2D eigenvalue weighted by molar-refractivity contribution is 5.77. The van der Waals surface area contributed by atoms with Crippen LogP contribution in [0.1, 0.15) is 45.4 Å². The molecule has 3 rings (SSSR count). The van der Waals surface area contributed by atoms with Gasteiger partial charge in [-0.2, -0.15) is 0 Å². The van der Waals surface area contributed by atoms with Crippen LogP contribution in [0.25, 0.3) is 0 Å². The zero-order valence-corrected chi connectivity index (χ0v) is 10.8. The van der Waals surface area contributed by atoms with E-state index in [0.717, 1.165) is 37.8 Å². The molecular weight excluding hydrogens is 212 g/mol. The summed E-state index contributed by atoms with van der Waals surface area (Å²) in [5.41, 5.74) is 6.03. The SMILES string of the molecule is CCC1(N)CN(C(=O)CC2CC3CCC2C3)C1. The van der Waals surface area contributed by atoms with E-state index in [1.807, 2.05) is 4.90 Å². The Bertz CT molecular complexity index is 322. The lowest BCUT2D eigenvalue weighted by Gasteiger charge is -2.47. The Morgan fingerprint density at radius 2 is 2.12 bits per heavy atom. The second-order valence-corrected chi connectivity index (χ2v) is 6.60. The highest BCUT2D eigenvalue weighted by atomic mass is 16.2. The summed E-state index contributed by atoms with van der Waals surface area (Å²) in [4.78, 5) is 14.1. The van der Waals surface area contributed by atoms with Crippen molar-refractivity contribution in [1.29, 1.82) is 0 Å². The van der Waals surface area contributed by atoms with Crippen LogP contribution in [0.2, 0.25) is 0 Å². The third-order valence-corrected chi connectivity index (χ3v) is 5.39. The average molecular weight is 236 g/mol. The first-order valence-corrected chi connectivity index (χ1v) is 7.16. The molecule has 3 heteroatoms. The van der Waals surface area contributed by atoms with Gasteiger partial charge >= 0.3 is 0 Å². The molecule has 0 aromatic carbocycles. The molecule has 2 saturated carbocycles. The third kappa shape index (κ3) is 1.99. The number of nitrogens with two attached hydrogens (primary N) is 1. The van der Waals surface area contributed by atoms with Gasteiger partial charge in [0.1, 0.15) is 0 Å². The van der Waals surface area contributed by atoms with Crippen molar-refractivity contribution in [3.63, 3.8) is 0 Å². The molecule has 0 radical (unpaired) electrons. The number of carbonyl (C=O) groups excluding carboxylic acids is 1. The molecule has 3 unspecified atom stereocenters.